The summed E-state index contributed by atoms with van der Waals surface area (Å²) in [4.78, 5) is 12.1. The molecule has 0 radical (unpaired) electrons. The van der Waals surface area contributed by atoms with Crippen molar-refractivity contribution < 1.29 is 9.53 Å². The Kier molecular flexibility index (Phi) is 5.62. The average Bonchev–Trinajstić information content (AvgIpc) is 2.64. The van der Waals surface area contributed by atoms with Crippen molar-refractivity contribution in [1.82, 2.24) is 10.6 Å². The second-order valence-corrected chi connectivity index (χ2v) is 5.99. The second kappa shape index (κ2) is 7.46. The van der Waals surface area contributed by atoms with E-state index in [0.29, 0.717) is 6.04 Å². The fourth-order valence-corrected chi connectivity index (χ4v) is 2.50. The highest BCUT2D eigenvalue weighted by molar-refractivity contribution is 5.81. The number of amides is 1. The molecule has 0 bridgehead atoms. The van der Waals surface area contributed by atoms with Gasteiger partial charge in [0.15, 0.2) is 6.10 Å². The minimum atomic E-state index is -0.369. The molecule has 1 aliphatic rings. The van der Waals surface area contributed by atoms with Crippen molar-refractivity contribution >= 4 is 5.91 Å². The quantitative estimate of drug-likeness (QED) is 0.876. The topological polar surface area (TPSA) is 50.4 Å². The predicted molar refractivity (Wildman–Crippen MR) is 84.4 cm³/mol. The molecule has 21 heavy (non-hydrogen) atoms. The normalized spacial score (nSPS) is 19.2. The molecule has 1 heterocycles. The SMILES string of the molecule is Cc1cccc(CNC(C)C)c1OC1CCCCNC1=O. The summed E-state index contributed by atoms with van der Waals surface area (Å²) in [7, 11) is 0. The number of nitrogens with one attached hydrogen (secondary N) is 2. The van der Waals surface area contributed by atoms with Gasteiger partial charge in [0, 0.05) is 24.7 Å². The number of carbonyl (C=O) groups excluding carboxylic acids is 1. The van der Waals surface area contributed by atoms with Gasteiger partial charge < -0.3 is 15.4 Å². The highest BCUT2D eigenvalue weighted by Gasteiger charge is 2.23. The van der Waals surface area contributed by atoms with Crippen molar-refractivity contribution in [2.75, 3.05) is 6.54 Å². The molecule has 2 N–H and O–H groups in total. The molecular weight excluding hydrogens is 264 g/mol. The molecule has 1 atom stereocenters. The van der Waals surface area contributed by atoms with Gasteiger partial charge in [-0.3, -0.25) is 4.79 Å². The summed E-state index contributed by atoms with van der Waals surface area (Å²) in [5, 5.41) is 6.33. The molecule has 4 heteroatoms. The molecule has 1 amide bonds. The van der Waals surface area contributed by atoms with E-state index in [2.05, 4.69) is 30.5 Å². The lowest BCUT2D eigenvalue weighted by molar-refractivity contribution is -0.127. The predicted octanol–water partition coefficient (Wildman–Crippen LogP) is 2.54. The molecule has 1 aromatic carbocycles. The van der Waals surface area contributed by atoms with E-state index in [1.54, 1.807) is 0 Å². The lowest BCUT2D eigenvalue weighted by Gasteiger charge is -2.21. The van der Waals surface area contributed by atoms with Crippen LogP contribution < -0.4 is 15.4 Å². The van der Waals surface area contributed by atoms with Crippen LogP contribution >= 0.6 is 0 Å². The number of hydrogen-bond donors (Lipinski definition) is 2. The van der Waals surface area contributed by atoms with E-state index in [9.17, 15) is 4.79 Å². The first kappa shape index (κ1) is 15.8. The molecule has 1 fully saturated rings. The zero-order valence-electron chi connectivity index (χ0n) is 13.2. The van der Waals surface area contributed by atoms with Gasteiger partial charge in [-0.15, -0.1) is 0 Å². The fraction of sp³-hybridized carbons (Fsp3) is 0.588. The van der Waals surface area contributed by atoms with Crippen molar-refractivity contribution in [2.24, 2.45) is 0 Å². The van der Waals surface area contributed by atoms with Crippen LogP contribution in [0.15, 0.2) is 18.2 Å². The maximum absolute atomic E-state index is 12.1. The van der Waals surface area contributed by atoms with E-state index in [0.717, 1.165) is 49.2 Å². The zero-order valence-corrected chi connectivity index (χ0v) is 13.2. The number of carbonyl (C=O) groups is 1. The first-order valence-electron chi connectivity index (χ1n) is 7.84. The molecular formula is C17H26N2O2. The second-order valence-electron chi connectivity index (χ2n) is 5.99. The van der Waals surface area contributed by atoms with Crippen LogP contribution in [0.1, 0.15) is 44.2 Å². The summed E-state index contributed by atoms with van der Waals surface area (Å²) in [5.41, 5.74) is 2.19. The van der Waals surface area contributed by atoms with Crippen LogP contribution in [0.25, 0.3) is 0 Å². The molecule has 0 aromatic heterocycles. The number of hydrogen-bond acceptors (Lipinski definition) is 3. The van der Waals surface area contributed by atoms with Crippen LogP contribution in [0, 0.1) is 6.92 Å². The standard InChI is InChI=1S/C17H26N2O2/c1-12(2)19-11-14-8-6-7-13(3)16(14)21-15-9-4-5-10-18-17(15)20/h6-8,12,15,19H,4-5,9-11H2,1-3H3,(H,18,20). The maximum Gasteiger partial charge on any atom is 0.261 e. The molecule has 116 valence electrons. The summed E-state index contributed by atoms with van der Waals surface area (Å²) in [6.07, 6.45) is 2.47. The summed E-state index contributed by atoms with van der Waals surface area (Å²) in [6.45, 7) is 7.78. The highest BCUT2D eigenvalue weighted by atomic mass is 16.5. The molecule has 4 nitrogen and oxygen atoms in total. The van der Waals surface area contributed by atoms with Gasteiger partial charge in [-0.05, 0) is 31.7 Å². The fourth-order valence-electron chi connectivity index (χ4n) is 2.50. The molecule has 1 aliphatic heterocycles. The molecule has 2 rings (SSSR count). The van der Waals surface area contributed by atoms with Crippen molar-refractivity contribution in [1.29, 1.82) is 0 Å². The van der Waals surface area contributed by atoms with Gasteiger partial charge in [-0.1, -0.05) is 32.0 Å². The van der Waals surface area contributed by atoms with Gasteiger partial charge in [0.25, 0.3) is 5.91 Å². The molecule has 1 saturated heterocycles. The minimum Gasteiger partial charge on any atom is -0.480 e. The summed E-state index contributed by atoms with van der Waals surface area (Å²) >= 11 is 0. The Morgan fingerprint density at radius 3 is 2.95 bits per heavy atom. The Hall–Kier alpha value is -1.55. The van der Waals surface area contributed by atoms with Gasteiger partial charge in [0.05, 0.1) is 0 Å². The molecule has 0 aliphatic carbocycles. The van der Waals surface area contributed by atoms with E-state index in [-0.39, 0.29) is 12.0 Å². The Morgan fingerprint density at radius 2 is 2.19 bits per heavy atom. The number of ether oxygens (including phenoxy) is 1. The Labute approximate surface area is 127 Å². The maximum atomic E-state index is 12.1. The largest absolute Gasteiger partial charge is 0.480 e. The van der Waals surface area contributed by atoms with Gasteiger partial charge in [0.2, 0.25) is 0 Å². The number of para-hydroxylation sites is 1. The molecule has 0 saturated carbocycles. The lowest BCUT2D eigenvalue weighted by atomic mass is 10.1. The van der Waals surface area contributed by atoms with E-state index >= 15 is 0 Å². The number of benzene rings is 1. The van der Waals surface area contributed by atoms with E-state index in [4.69, 9.17) is 4.74 Å². The third-order valence-corrected chi connectivity index (χ3v) is 3.74. The average molecular weight is 290 g/mol. The third-order valence-electron chi connectivity index (χ3n) is 3.74. The zero-order chi connectivity index (χ0) is 15.2. The molecule has 1 unspecified atom stereocenters. The number of rotatable bonds is 5. The molecule has 1 aromatic rings. The first-order valence-corrected chi connectivity index (χ1v) is 7.84. The third kappa shape index (κ3) is 4.46. The van der Waals surface area contributed by atoms with E-state index < -0.39 is 0 Å². The minimum absolute atomic E-state index is 0.0125. The molecule has 0 spiro atoms. The highest BCUT2D eigenvalue weighted by Crippen LogP contribution is 2.26. The van der Waals surface area contributed by atoms with Crippen molar-refractivity contribution in [3.8, 4) is 5.75 Å². The van der Waals surface area contributed by atoms with Crippen LogP contribution in [0.5, 0.6) is 5.75 Å². The van der Waals surface area contributed by atoms with Gasteiger partial charge in [-0.25, -0.2) is 0 Å². The van der Waals surface area contributed by atoms with Crippen molar-refractivity contribution in [2.45, 2.75) is 58.7 Å². The number of aryl methyl sites for hydroxylation is 1. The van der Waals surface area contributed by atoms with Gasteiger partial charge >= 0.3 is 0 Å². The van der Waals surface area contributed by atoms with Crippen molar-refractivity contribution in [3.63, 3.8) is 0 Å². The summed E-state index contributed by atoms with van der Waals surface area (Å²) < 4.78 is 6.09. The van der Waals surface area contributed by atoms with Gasteiger partial charge in [-0.2, -0.15) is 0 Å². The van der Waals surface area contributed by atoms with Crippen LogP contribution in [-0.4, -0.2) is 24.6 Å². The smallest absolute Gasteiger partial charge is 0.261 e. The Morgan fingerprint density at radius 1 is 1.38 bits per heavy atom. The summed E-state index contributed by atoms with van der Waals surface area (Å²) in [5.74, 6) is 0.867. The van der Waals surface area contributed by atoms with Gasteiger partial charge in [0.1, 0.15) is 5.75 Å². The van der Waals surface area contributed by atoms with Crippen molar-refractivity contribution in [3.05, 3.63) is 29.3 Å². The Bertz CT molecular complexity index is 486. The van der Waals surface area contributed by atoms with E-state index in [1.165, 1.54) is 0 Å². The Balaban J connectivity index is 2.15. The van der Waals surface area contributed by atoms with E-state index in [1.807, 2.05) is 19.1 Å². The lowest BCUT2D eigenvalue weighted by Crippen LogP contribution is -2.37. The summed E-state index contributed by atoms with van der Waals surface area (Å²) in [6, 6.07) is 6.54. The van der Waals surface area contributed by atoms with Crippen LogP contribution in [0.2, 0.25) is 0 Å². The van der Waals surface area contributed by atoms with Crippen LogP contribution in [0.4, 0.5) is 0 Å². The van der Waals surface area contributed by atoms with Crippen LogP contribution in [-0.2, 0) is 11.3 Å². The first-order chi connectivity index (χ1) is 10.1. The van der Waals surface area contributed by atoms with Crippen LogP contribution in [0.3, 0.4) is 0 Å². The monoisotopic (exact) mass is 290 g/mol.